The fraction of sp³-hybridized carbons (Fsp3) is 0.562. The predicted molar refractivity (Wildman–Crippen MR) is 69.4 cm³/mol. The van der Waals surface area contributed by atoms with E-state index in [2.05, 4.69) is 4.90 Å². The highest BCUT2D eigenvalue weighted by Gasteiger charge is 2.84. The molecule has 4 aliphatic carbocycles. The molecule has 0 unspecified atom stereocenters. The summed E-state index contributed by atoms with van der Waals surface area (Å²) in [5.74, 6) is 0.779. The summed E-state index contributed by atoms with van der Waals surface area (Å²) in [5, 5.41) is 0. The first-order chi connectivity index (χ1) is 9.24. The van der Waals surface area contributed by atoms with Crippen molar-refractivity contribution in [1.29, 1.82) is 0 Å². The van der Waals surface area contributed by atoms with Gasteiger partial charge in [-0.05, 0) is 42.6 Å². The van der Waals surface area contributed by atoms with E-state index in [4.69, 9.17) is 4.74 Å². The maximum Gasteiger partial charge on any atom is 0.410 e. The van der Waals surface area contributed by atoms with Gasteiger partial charge in [-0.15, -0.1) is 0 Å². The molecule has 4 bridgehead atoms. The number of rotatable bonds is 2. The Hall–Kier alpha value is -1.51. The van der Waals surface area contributed by atoms with Crippen LogP contribution in [-0.4, -0.2) is 22.6 Å². The van der Waals surface area contributed by atoms with E-state index in [1.54, 1.807) is 0 Å². The van der Waals surface area contributed by atoms with Crippen molar-refractivity contribution in [3.8, 4) is 0 Å². The standard InChI is InChI=1S/C16H17NO2/c18-14(19-9-11-4-2-1-3-5-11)17-13-8-16(17)10-15(13)6-12(16)7-15/h1-5,12-13H,6-10H2/t12?,13-,15?,16-/m0/s1. The van der Waals surface area contributed by atoms with Crippen LogP contribution in [0.1, 0.15) is 31.2 Å². The summed E-state index contributed by atoms with van der Waals surface area (Å²) in [6.07, 6.45) is 5.18. The second kappa shape index (κ2) is 2.97. The predicted octanol–water partition coefficient (Wildman–Crippen LogP) is 2.95. The number of amides is 1. The molecule has 0 radical (unpaired) electrons. The van der Waals surface area contributed by atoms with Gasteiger partial charge in [0.15, 0.2) is 0 Å². The van der Waals surface area contributed by atoms with E-state index in [0.29, 0.717) is 18.1 Å². The van der Waals surface area contributed by atoms with Crippen LogP contribution in [0.5, 0.6) is 0 Å². The van der Waals surface area contributed by atoms with Crippen molar-refractivity contribution in [2.24, 2.45) is 11.3 Å². The molecule has 2 aliphatic heterocycles. The van der Waals surface area contributed by atoms with Crippen LogP contribution in [0.15, 0.2) is 30.3 Å². The number of ether oxygens (including phenoxy) is 1. The van der Waals surface area contributed by atoms with Crippen LogP contribution in [0, 0.1) is 11.3 Å². The van der Waals surface area contributed by atoms with Crippen molar-refractivity contribution in [2.75, 3.05) is 0 Å². The van der Waals surface area contributed by atoms with Gasteiger partial charge in [-0.1, -0.05) is 30.3 Å². The van der Waals surface area contributed by atoms with Crippen molar-refractivity contribution in [2.45, 2.75) is 43.9 Å². The molecule has 1 amide bonds. The SMILES string of the molecule is O=C(OCc1ccccc1)N1[C@H]2C[C@@]13CC21CC3C1. The number of hydrogen-bond acceptors (Lipinski definition) is 2. The molecule has 2 heterocycles. The van der Waals surface area contributed by atoms with Crippen LogP contribution in [0.2, 0.25) is 0 Å². The topological polar surface area (TPSA) is 29.5 Å². The lowest BCUT2D eigenvalue weighted by atomic mass is 9.54. The summed E-state index contributed by atoms with van der Waals surface area (Å²) in [7, 11) is 0. The molecule has 2 spiro atoms. The molecule has 2 atom stereocenters. The zero-order chi connectivity index (χ0) is 12.7. The molecule has 98 valence electrons. The highest BCUT2D eigenvalue weighted by Crippen LogP contribution is 2.82. The highest BCUT2D eigenvalue weighted by molar-refractivity contribution is 5.73. The number of hydrogen-bond donors (Lipinski definition) is 0. The monoisotopic (exact) mass is 255 g/mol. The lowest BCUT2D eigenvalue weighted by Crippen LogP contribution is -2.73. The van der Waals surface area contributed by atoms with Crippen LogP contribution in [0.25, 0.3) is 0 Å². The molecule has 6 aliphatic rings. The van der Waals surface area contributed by atoms with Gasteiger partial charge in [0.05, 0.1) is 5.54 Å². The third kappa shape index (κ3) is 1.01. The number of carbonyl (C=O) groups excluding carboxylic acids is 1. The summed E-state index contributed by atoms with van der Waals surface area (Å²) in [5.41, 5.74) is 1.80. The zero-order valence-electron chi connectivity index (χ0n) is 10.8. The maximum absolute atomic E-state index is 12.3. The molecule has 4 saturated carbocycles. The fourth-order valence-corrected chi connectivity index (χ4v) is 5.42. The first-order valence-corrected chi connectivity index (χ1v) is 7.24. The summed E-state index contributed by atoms with van der Waals surface area (Å²) in [6, 6.07) is 10.4. The van der Waals surface area contributed by atoms with Crippen LogP contribution in [0.3, 0.4) is 0 Å². The van der Waals surface area contributed by atoms with Gasteiger partial charge in [0.1, 0.15) is 6.61 Å². The first kappa shape index (κ1) is 10.3. The van der Waals surface area contributed by atoms with Crippen molar-refractivity contribution in [3.05, 3.63) is 35.9 Å². The van der Waals surface area contributed by atoms with Gasteiger partial charge in [-0.2, -0.15) is 0 Å². The number of piperidine rings is 2. The molecule has 1 aromatic carbocycles. The summed E-state index contributed by atoms with van der Waals surface area (Å²) in [4.78, 5) is 14.4. The van der Waals surface area contributed by atoms with Crippen LogP contribution >= 0.6 is 0 Å². The quantitative estimate of drug-likeness (QED) is 0.813. The molecule has 7 rings (SSSR count). The Labute approximate surface area is 112 Å². The summed E-state index contributed by atoms with van der Waals surface area (Å²) < 4.78 is 5.51. The van der Waals surface area contributed by atoms with Crippen LogP contribution in [0.4, 0.5) is 4.79 Å². The number of nitrogens with zero attached hydrogens (tertiary/aromatic N) is 1. The maximum atomic E-state index is 12.3. The second-order valence-corrected chi connectivity index (χ2v) is 6.88. The van der Waals surface area contributed by atoms with E-state index in [1.807, 2.05) is 30.3 Å². The number of carbonyl (C=O) groups is 1. The minimum Gasteiger partial charge on any atom is -0.445 e. The fourth-order valence-electron chi connectivity index (χ4n) is 5.42. The Balaban J connectivity index is 1.31. The van der Waals surface area contributed by atoms with Gasteiger partial charge < -0.3 is 4.74 Å². The number of benzene rings is 1. The third-order valence-corrected chi connectivity index (χ3v) is 6.17. The molecule has 0 aromatic heterocycles. The van der Waals surface area contributed by atoms with Crippen molar-refractivity contribution < 1.29 is 9.53 Å². The van der Waals surface area contributed by atoms with Crippen molar-refractivity contribution in [3.63, 3.8) is 0 Å². The van der Waals surface area contributed by atoms with Gasteiger partial charge >= 0.3 is 6.09 Å². The summed E-state index contributed by atoms with van der Waals surface area (Å²) in [6.45, 7) is 0.399. The van der Waals surface area contributed by atoms with Crippen LogP contribution < -0.4 is 0 Å². The summed E-state index contributed by atoms with van der Waals surface area (Å²) >= 11 is 0. The third-order valence-electron chi connectivity index (χ3n) is 6.17. The van der Waals surface area contributed by atoms with E-state index in [9.17, 15) is 4.79 Å². The Morgan fingerprint density at radius 1 is 1.26 bits per heavy atom. The Kier molecular flexibility index (Phi) is 1.61. The smallest absolute Gasteiger partial charge is 0.410 e. The average Bonchev–Trinajstić information content (AvgIpc) is 3.05. The van der Waals surface area contributed by atoms with E-state index in [0.717, 1.165) is 11.5 Å². The van der Waals surface area contributed by atoms with Gasteiger partial charge in [-0.3, -0.25) is 4.90 Å². The van der Waals surface area contributed by atoms with Gasteiger partial charge in [-0.25, -0.2) is 4.79 Å². The molecule has 19 heavy (non-hydrogen) atoms. The van der Waals surface area contributed by atoms with E-state index >= 15 is 0 Å². The minimum atomic E-state index is -0.0774. The molecule has 0 N–H and O–H groups in total. The Morgan fingerprint density at radius 3 is 2.63 bits per heavy atom. The van der Waals surface area contributed by atoms with Gasteiger partial charge in [0.2, 0.25) is 0 Å². The Bertz CT molecular complexity index is 563. The molecule has 3 nitrogen and oxygen atoms in total. The highest BCUT2D eigenvalue weighted by atomic mass is 16.6. The molecule has 6 fully saturated rings. The molecule has 2 saturated heterocycles. The minimum absolute atomic E-state index is 0.0774. The molecular weight excluding hydrogens is 238 g/mol. The van der Waals surface area contributed by atoms with E-state index in [-0.39, 0.29) is 11.6 Å². The van der Waals surface area contributed by atoms with Crippen molar-refractivity contribution in [1.82, 2.24) is 4.90 Å². The molecule has 1 aromatic rings. The average molecular weight is 255 g/mol. The zero-order valence-corrected chi connectivity index (χ0v) is 10.8. The van der Waals surface area contributed by atoms with Gasteiger partial charge in [0, 0.05) is 6.04 Å². The normalized spacial score (nSPS) is 43.7. The van der Waals surface area contributed by atoms with Gasteiger partial charge in [0.25, 0.3) is 0 Å². The van der Waals surface area contributed by atoms with Crippen LogP contribution in [-0.2, 0) is 11.3 Å². The van der Waals surface area contributed by atoms with E-state index < -0.39 is 0 Å². The lowest BCUT2D eigenvalue weighted by molar-refractivity contribution is -0.152. The lowest BCUT2D eigenvalue weighted by Gasteiger charge is -2.65. The Morgan fingerprint density at radius 2 is 2.05 bits per heavy atom. The van der Waals surface area contributed by atoms with Crippen molar-refractivity contribution >= 4 is 6.09 Å². The molecule has 3 heteroatoms. The molecular formula is C16H17NO2. The van der Waals surface area contributed by atoms with E-state index in [1.165, 1.54) is 25.7 Å². The first-order valence-electron chi connectivity index (χ1n) is 7.24. The largest absolute Gasteiger partial charge is 0.445 e. The second-order valence-electron chi connectivity index (χ2n) is 6.88.